The maximum absolute atomic E-state index is 12.8. The van der Waals surface area contributed by atoms with E-state index in [4.69, 9.17) is 14.2 Å². The minimum atomic E-state index is -0.818. The lowest BCUT2D eigenvalue weighted by Gasteiger charge is -2.18. The zero-order valence-corrected chi connectivity index (χ0v) is 39.6. The largest absolute Gasteiger partial charge is 0.462 e. The van der Waals surface area contributed by atoms with E-state index in [9.17, 15) is 14.4 Å². The lowest BCUT2D eigenvalue weighted by Crippen LogP contribution is -2.30. The molecule has 0 aromatic rings. The molecule has 0 rings (SSSR count). The normalized spacial score (nSPS) is 13.1. The van der Waals surface area contributed by atoms with Crippen molar-refractivity contribution in [1.29, 1.82) is 0 Å². The molecule has 6 nitrogen and oxygen atoms in total. The number of ether oxygens (including phenoxy) is 3. The molecule has 0 radical (unpaired) electrons. The van der Waals surface area contributed by atoms with Crippen LogP contribution in [0.25, 0.3) is 0 Å². The molecule has 0 bridgehead atoms. The number of carbonyl (C=O) groups is 3. The first-order chi connectivity index (χ1) is 30.5. The topological polar surface area (TPSA) is 78.9 Å². The van der Waals surface area contributed by atoms with E-state index in [1.54, 1.807) is 0 Å². The first-order valence-corrected chi connectivity index (χ1v) is 24.5. The molecule has 348 valence electrons. The van der Waals surface area contributed by atoms with Crippen molar-refractivity contribution in [2.75, 3.05) is 13.2 Å². The Hall–Kier alpha value is -4.19. The number of hydrogen-bond donors (Lipinski definition) is 0. The molecular formula is C56H88O6. The molecule has 1 atom stereocenters. The van der Waals surface area contributed by atoms with Gasteiger partial charge < -0.3 is 14.2 Å². The third-order valence-corrected chi connectivity index (χ3v) is 9.69. The molecule has 0 heterocycles. The van der Waals surface area contributed by atoms with Crippen molar-refractivity contribution in [3.05, 3.63) is 122 Å². The number of carbonyl (C=O) groups excluding carboxylic acids is 3. The number of esters is 3. The van der Waals surface area contributed by atoms with Crippen LogP contribution in [0.4, 0.5) is 0 Å². The van der Waals surface area contributed by atoms with Gasteiger partial charge in [-0.25, -0.2) is 0 Å². The van der Waals surface area contributed by atoms with Crippen LogP contribution < -0.4 is 0 Å². The minimum Gasteiger partial charge on any atom is -0.462 e. The van der Waals surface area contributed by atoms with E-state index in [-0.39, 0.29) is 37.5 Å². The highest BCUT2D eigenvalue weighted by molar-refractivity contribution is 5.71. The Labute approximate surface area is 380 Å². The molecule has 0 saturated carbocycles. The SMILES string of the molecule is CC/C=C\C/C=C\C/C=C\C/C=C\C/C=C\CCCCCC(=O)OCC(COC(=O)CCC/C=C\C/C=C\C/C=C\CC)OC(=O)CCCCCCCCC/C=C\C/C=C\CC. The lowest BCUT2D eigenvalue weighted by atomic mass is 10.1. The number of rotatable bonds is 42. The second kappa shape index (κ2) is 49.5. The molecule has 0 aliphatic heterocycles. The Bertz CT molecular complexity index is 1350. The highest BCUT2D eigenvalue weighted by Gasteiger charge is 2.19. The average molecular weight is 857 g/mol. The van der Waals surface area contributed by atoms with Crippen molar-refractivity contribution in [3.8, 4) is 0 Å². The van der Waals surface area contributed by atoms with E-state index in [0.717, 1.165) is 122 Å². The van der Waals surface area contributed by atoms with Crippen LogP contribution in [0.1, 0.15) is 194 Å². The van der Waals surface area contributed by atoms with Gasteiger partial charge in [0.05, 0.1) is 0 Å². The summed E-state index contributed by atoms with van der Waals surface area (Å²) in [5.74, 6) is -1.02. The van der Waals surface area contributed by atoms with Crippen LogP contribution in [0.15, 0.2) is 122 Å². The zero-order valence-electron chi connectivity index (χ0n) is 39.6. The van der Waals surface area contributed by atoms with Crippen LogP contribution >= 0.6 is 0 Å². The van der Waals surface area contributed by atoms with Crippen LogP contribution in [-0.4, -0.2) is 37.2 Å². The van der Waals surface area contributed by atoms with Crippen LogP contribution in [-0.2, 0) is 28.6 Å². The predicted octanol–water partition coefficient (Wildman–Crippen LogP) is 16.1. The van der Waals surface area contributed by atoms with Crippen molar-refractivity contribution < 1.29 is 28.6 Å². The van der Waals surface area contributed by atoms with Crippen molar-refractivity contribution in [2.45, 2.75) is 200 Å². The van der Waals surface area contributed by atoms with Gasteiger partial charge in [0.1, 0.15) is 13.2 Å². The second-order valence-corrected chi connectivity index (χ2v) is 15.6. The van der Waals surface area contributed by atoms with Gasteiger partial charge in [0, 0.05) is 19.3 Å². The average Bonchev–Trinajstić information content (AvgIpc) is 3.27. The molecule has 0 aliphatic carbocycles. The summed E-state index contributed by atoms with van der Waals surface area (Å²) in [6, 6.07) is 0. The molecule has 0 N–H and O–H groups in total. The Morgan fingerprint density at radius 3 is 0.984 bits per heavy atom. The van der Waals surface area contributed by atoms with E-state index >= 15 is 0 Å². The molecule has 62 heavy (non-hydrogen) atoms. The summed E-state index contributed by atoms with van der Waals surface area (Å²) >= 11 is 0. The summed E-state index contributed by atoms with van der Waals surface area (Å²) in [5.41, 5.74) is 0. The molecule has 0 aromatic heterocycles. The van der Waals surface area contributed by atoms with Gasteiger partial charge >= 0.3 is 17.9 Å². The third-order valence-electron chi connectivity index (χ3n) is 9.69. The fraction of sp³-hybridized carbons (Fsp3) is 0.589. The van der Waals surface area contributed by atoms with E-state index in [1.807, 2.05) is 0 Å². The van der Waals surface area contributed by atoms with Gasteiger partial charge in [0.2, 0.25) is 0 Å². The Kier molecular flexibility index (Phi) is 46.1. The van der Waals surface area contributed by atoms with Crippen molar-refractivity contribution in [2.24, 2.45) is 0 Å². The Morgan fingerprint density at radius 1 is 0.323 bits per heavy atom. The highest BCUT2D eigenvalue weighted by Crippen LogP contribution is 2.12. The number of unbranched alkanes of at least 4 members (excludes halogenated alkanes) is 11. The maximum atomic E-state index is 12.8. The maximum Gasteiger partial charge on any atom is 0.306 e. The van der Waals surface area contributed by atoms with Crippen LogP contribution in [0.5, 0.6) is 0 Å². The standard InChI is InChI=1S/C56H88O6/c1-4-7-10-13-16-19-22-24-26-27-28-29-30-32-34-37-40-43-46-49-55(58)61-52-53(51-60-54(57)48-45-42-39-36-33-21-18-15-12-9-6-3)62-56(59)50-47-44-41-38-35-31-25-23-20-17-14-11-8-5-2/h7-12,16-21,24,26,28-29,32,34,36,39,53H,4-6,13-15,22-23,25,27,30-31,33,35,37-38,40-52H2,1-3H3/b10-7-,11-8-,12-9-,19-16-,20-17-,21-18-,26-24-,29-28-,34-32-,39-36-. The monoisotopic (exact) mass is 857 g/mol. The lowest BCUT2D eigenvalue weighted by molar-refractivity contribution is -0.167. The van der Waals surface area contributed by atoms with E-state index in [1.165, 1.54) is 25.7 Å². The molecule has 0 saturated heterocycles. The summed E-state index contributed by atoms with van der Waals surface area (Å²) in [7, 11) is 0. The number of hydrogen-bond acceptors (Lipinski definition) is 6. The Balaban J connectivity index is 4.50. The third kappa shape index (κ3) is 46.9. The molecule has 0 spiro atoms. The predicted molar refractivity (Wildman–Crippen MR) is 265 cm³/mol. The van der Waals surface area contributed by atoms with E-state index in [0.29, 0.717) is 19.3 Å². The van der Waals surface area contributed by atoms with Crippen LogP contribution in [0.2, 0.25) is 0 Å². The van der Waals surface area contributed by atoms with Crippen LogP contribution in [0, 0.1) is 0 Å². The van der Waals surface area contributed by atoms with Crippen LogP contribution in [0.3, 0.4) is 0 Å². The minimum absolute atomic E-state index is 0.118. The summed E-state index contributed by atoms with van der Waals surface area (Å²) in [5, 5.41) is 0. The Morgan fingerprint density at radius 2 is 0.597 bits per heavy atom. The molecule has 0 aliphatic rings. The first-order valence-electron chi connectivity index (χ1n) is 24.5. The van der Waals surface area contributed by atoms with E-state index < -0.39 is 6.10 Å². The number of allylic oxidation sites excluding steroid dienone is 20. The van der Waals surface area contributed by atoms with E-state index in [2.05, 4.69) is 142 Å². The summed E-state index contributed by atoms with van der Waals surface area (Å²) in [6.07, 6.45) is 67.6. The smallest absolute Gasteiger partial charge is 0.306 e. The zero-order chi connectivity index (χ0) is 45.1. The van der Waals surface area contributed by atoms with Gasteiger partial charge in [-0.1, -0.05) is 181 Å². The summed E-state index contributed by atoms with van der Waals surface area (Å²) in [4.78, 5) is 37.9. The van der Waals surface area contributed by atoms with Gasteiger partial charge in [-0.2, -0.15) is 0 Å². The first kappa shape index (κ1) is 57.8. The molecule has 1 unspecified atom stereocenters. The molecule has 0 fully saturated rings. The van der Waals surface area contributed by atoms with Crippen molar-refractivity contribution >= 4 is 17.9 Å². The van der Waals surface area contributed by atoms with Gasteiger partial charge in [-0.05, 0) is 116 Å². The molecule has 6 heteroatoms. The fourth-order valence-corrected chi connectivity index (χ4v) is 6.12. The van der Waals surface area contributed by atoms with Gasteiger partial charge in [0.15, 0.2) is 6.10 Å². The summed E-state index contributed by atoms with van der Waals surface area (Å²) < 4.78 is 16.7. The van der Waals surface area contributed by atoms with Crippen molar-refractivity contribution in [1.82, 2.24) is 0 Å². The van der Waals surface area contributed by atoms with Crippen molar-refractivity contribution in [3.63, 3.8) is 0 Å². The summed E-state index contributed by atoms with van der Waals surface area (Å²) in [6.45, 7) is 6.19. The quantitative estimate of drug-likeness (QED) is 0.0263. The molecular weight excluding hydrogens is 769 g/mol. The molecule has 0 aromatic carbocycles. The van der Waals surface area contributed by atoms with Gasteiger partial charge in [-0.15, -0.1) is 0 Å². The van der Waals surface area contributed by atoms with Gasteiger partial charge in [-0.3, -0.25) is 14.4 Å². The molecule has 0 amide bonds. The second-order valence-electron chi connectivity index (χ2n) is 15.6. The van der Waals surface area contributed by atoms with Gasteiger partial charge in [0.25, 0.3) is 0 Å². The highest BCUT2D eigenvalue weighted by atomic mass is 16.6. The fourth-order valence-electron chi connectivity index (χ4n) is 6.12.